The molecule has 0 aliphatic carbocycles. The van der Waals surface area contributed by atoms with E-state index in [1.165, 1.54) is 0 Å². The predicted molar refractivity (Wildman–Crippen MR) is 85.4 cm³/mol. The van der Waals surface area contributed by atoms with Crippen LogP contribution < -0.4 is 5.73 Å². The number of carbonyl (C=O) groups excluding carboxylic acids is 1. The standard InChI is InChI=1S/C18H16N2O/c1-12-5-6-14-11-15(7-8-17(14)20-12)18(21)10-13-3-2-4-16(19)9-13/h2-9,11H,10,19H2,1H3. The predicted octanol–water partition coefficient (Wildman–Crippen LogP) is 3.55. The summed E-state index contributed by atoms with van der Waals surface area (Å²) in [6, 6.07) is 17.0. The van der Waals surface area contributed by atoms with Crippen molar-refractivity contribution < 1.29 is 4.79 Å². The third-order valence-electron chi connectivity index (χ3n) is 3.47. The number of aryl methyl sites for hydroxylation is 1. The van der Waals surface area contributed by atoms with Crippen molar-refractivity contribution in [2.75, 3.05) is 5.73 Å². The molecule has 0 aliphatic heterocycles. The molecule has 0 bridgehead atoms. The van der Waals surface area contributed by atoms with Crippen LogP contribution in [0.5, 0.6) is 0 Å². The molecule has 1 aromatic heterocycles. The number of benzene rings is 2. The molecule has 0 amide bonds. The largest absolute Gasteiger partial charge is 0.399 e. The topological polar surface area (TPSA) is 56.0 Å². The first-order valence-electron chi connectivity index (χ1n) is 6.87. The molecule has 0 radical (unpaired) electrons. The molecule has 2 N–H and O–H groups in total. The summed E-state index contributed by atoms with van der Waals surface area (Å²) in [4.78, 5) is 16.8. The van der Waals surface area contributed by atoms with E-state index >= 15 is 0 Å². The van der Waals surface area contributed by atoms with Gasteiger partial charge in [0, 0.05) is 28.8 Å². The number of nitrogens with two attached hydrogens (primary N) is 1. The summed E-state index contributed by atoms with van der Waals surface area (Å²) in [7, 11) is 0. The number of carbonyl (C=O) groups is 1. The van der Waals surface area contributed by atoms with Crippen molar-refractivity contribution in [3.8, 4) is 0 Å². The Kier molecular flexibility index (Phi) is 3.40. The van der Waals surface area contributed by atoms with Crippen molar-refractivity contribution >= 4 is 22.4 Å². The van der Waals surface area contributed by atoms with Gasteiger partial charge < -0.3 is 5.73 Å². The maximum atomic E-state index is 12.4. The fourth-order valence-corrected chi connectivity index (χ4v) is 2.39. The van der Waals surface area contributed by atoms with Gasteiger partial charge in [-0.1, -0.05) is 18.2 Å². The number of aromatic nitrogens is 1. The summed E-state index contributed by atoms with van der Waals surface area (Å²) in [5.74, 6) is 0.0862. The molecule has 104 valence electrons. The summed E-state index contributed by atoms with van der Waals surface area (Å²) in [6.07, 6.45) is 0.357. The zero-order valence-electron chi connectivity index (χ0n) is 11.8. The Labute approximate surface area is 123 Å². The van der Waals surface area contributed by atoms with Gasteiger partial charge in [-0.2, -0.15) is 0 Å². The highest BCUT2D eigenvalue weighted by Crippen LogP contribution is 2.17. The lowest BCUT2D eigenvalue weighted by Crippen LogP contribution is -2.04. The van der Waals surface area contributed by atoms with Gasteiger partial charge in [-0.15, -0.1) is 0 Å². The van der Waals surface area contributed by atoms with Crippen LogP contribution in [0.1, 0.15) is 21.6 Å². The quantitative estimate of drug-likeness (QED) is 0.588. The summed E-state index contributed by atoms with van der Waals surface area (Å²) >= 11 is 0. The van der Waals surface area contributed by atoms with Gasteiger partial charge in [0.15, 0.2) is 5.78 Å². The van der Waals surface area contributed by atoms with Gasteiger partial charge in [0.1, 0.15) is 0 Å². The van der Waals surface area contributed by atoms with Crippen molar-refractivity contribution in [1.29, 1.82) is 0 Å². The Bertz CT molecular complexity index is 824. The molecule has 0 unspecified atom stereocenters. The first-order valence-corrected chi connectivity index (χ1v) is 6.87. The van der Waals surface area contributed by atoms with Gasteiger partial charge in [0.2, 0.25) is 0 Å². The van der Waals surface area contributed by atoms with E-state index in [0.29, 0.717) is 17.7 Å². The molecule has 0 spiro atoms. The lowest BCUT2D eigenvalue weighted by atomic mass is 10.0. The van der Waals surface area contributed by atoms with Crippen molar-refractivity contribution in [3.05, 3.63) is 71.4 Å². The number of nitrogen functional groups attached to an aromatic ring is 1. The average molecular weight is 276 g/mol. The molecule has 0 atom stereocenters. The van der Waals surface area contributed by atoms with E-state index in [2.05, 4.69) is 4.98 Å². The summed E-state index contributed by atoms with van der Waals surface area (Å²) < 4.78 is 0. The Balaban J connectivity index is 1.89. The van der Waals surface area contributed by atoms with E-state index in [9.17, 15) is 4.79 Å². The van der Waals surface area contributed by atoms with E-state index in [4.69, 9.17) is 5.73 Å². The van der Waals surface area contributed by atoms with E-state index in [1.807, 2.05) is 61.5 Å². The molecule has 3 rings (SSSR count). The van der Waals surface area contributed by atoms with Crippen LogP contribution in [0.3, 0.4) is 0 Å². The van der Waals surface area contributed by atoms with Crippen LogP contribution in [0.15, 0.2) is 54.6 Å². The first-order chi connectivity index (χ1) is 10.1. The van der Waals surface area contributed by atoms with Gasteiger partial charge in [-0.25, -0.2) is 0 Å². The molecular formula is C18H16N2O. The third kappa shape index (κ3) is 2.92. The van der Waals surface area contributed by atoms with Crippen LogP contribution in [0.25, 0.3) is 10.9 Å². The molecule has 0 aliphatic rings. The second-order valence-corrected chi connectivity index (χ2v) is 5.21. The minimum atomic E-state index is 0.0862. The number of rotatable bonds is 3. The summed E-state index contributed by atoms with van der Waals surface area (Å²) in [5.41, 5.74) is 9.94. The van der Waals surface area contributed by atoms with E-state index in [0.717, 1.165) is 22.2 Å². The van der Waals surface area contributed by atoms with Gasteiger partial charge in [0.25, 0.3) is 0 Å². The molecule has 0 saturated carbocycles. The normalized spacial score (nSPS) is 10.7. The fourth-order valence-electron chi connectivity index (χ4n) is 2.39. The minimum Gasteiger partial charge on any atom is -0.399 e. The molecule has 3 heteroatoms. The van der Waals surface area contributed by atoms with E-state index in [-0.39, 0.29) is 5.78 Å². The molecule has 3 nitrogen and oxygen atoms in total. The molecule has 0 saturated heterocycles. The number of nitrogens with zero attached hydrogens (tertiary/aromatic N) is 1. The number of fused-ring (bicyclic) bond motifs is 1. The highest BCUT2D eigenvalue weighted by atomic mass is 16.1. The van der Waals surface area contributed by atoms with Crippen LogP contribution in [0, 0.1) is 6.92 Å². The maximum Gasteiger partial charge on any atom is 0.167 e. The van der Waals surface area contributed by atoms with E-state index < -0.39 is 0 Å². The zero-order chi connectivity index (χ0) is 14.8. The lowest BCUT2D eigenvalue weighted by molar-refractivity contribution is 0.0993. The second kappa shape index (κ2) is 5.37. The number of pyridine rings is 1. The van der Waals surface area contributed by atoms with Crippen molar-refractivity contribution in [2.24, 2.45) is 0 Å². The lowest BCUT2D eigenvalue weighted by Gasteiger charge is -2.05. The Hall–Kier alpha value is -2.68. The fraction of sp³-hybridized carbons (Fsp3) is 0.111. The van der Waals surface area contributed by atoms with Crippen LogP contribution in [0.4, 0.5) is 5.69 Å². The highest BCUT2D eigenvalue weighted by Gasteiger charge is 2.08. The number of anilines is 1. The van der Waals surface area contributed by atoms with Gasteiger partial charge in [-0.05, 0) is 48.9 Å². The van der Waals surface area contributed by atoms with Gasteiger partial charge >= 0.3 is 0 Å². The average Bonchev–Trinajstić information content (AvgIpc) is 2.46. The second-order valence-electron chi connectivity index (χ2n) is 5.21. The number of hydrogen-bond donors (Lipinski definition) is 1. The van der Waals surface area contributed by atoms with Crippen LogP contribution in [0.2, 0.25) is 0 Å². The molecule has 2 aromatic carbocycles. The van der Waals surface area contributed by atoms with Crippen molar-refractivity contribution in [1.82, 2.24) is 4.98 Å². The number of Topliss-reactive ketones (excluding diaryl/α,β-unsaturated/α-hetero) is 1. The zero-order valence-corrected chi connectivity index (χ0v) is 11.8. The Morgan fingerprint density at radius 2 is 1.95 bits per heavy atom. The van der Waals surface area contributed by atoms with Gasteiger partial charge in [0.05, 0.1) is 5.52 Å². The Morgan fingerprint density at radius 3 is 2.76 bits per heavy atom. The minimum absolute atomic E-state index is 0.0862. The number of ketones is 1. The molecule has 0 fully saturated rings. The van der Waals surface area contributed by atoms with Crippen molar-refractivity contribution in [3.63, 3.8) is 0 Å². The smallest absolute Gasteiger partial charge is 0.167 e. The third-order valence-corrected chi connectivity index (χ3v) is 3.47. The van der Waals surface area contributed by atoms with Crippen molar-refractivity contribution in [2.45, 2.75) is 13.3 Å². The van der Waals surface area contributed by atoms with Crippen LogP contribution in [-0.2, 0) is 6.42 Å². The molecular weight excluding hydrogens is 260 g/mol. The molecule has 21 heavy (non-hydrogen) atoms. The van der Waals surface area contributed by atoms with E-state index in [1.54, 1.807) is 0 Å². The number of hydrogen-bond acceptors (Lipinski definition) is 3. The van der Waals surface area contributed by atoms with Crippen LogP contribution >= 0.6 is 0 Å². The maximum absolute atomic E-state index is 12.4. The summed E-state index contributed by atoms with van der Waals surface area (Å²) in [6.45, 7) is 1.96. The monoisotopic (exact) mass is 276 g/mol. The highest BCUT2D eigenvalue weighted by molar-refractivity contribution is 6.00. The molecule has 1 heterocycles. The first kappa shape index (κ1) is 13.3. The summed E-state index contributed by atoms with van der Waals surface area (Å²) in [5, 5.41) is 0.985. The Morgan fingerprint density at radius 1 is 1.10 bits per heavy atom. The molecule has 3 aromatic rings. The van der Waals surface area contributed by atoms with Gasteiger partial charge in [-0.3, -0.25) is 9.78 Å². The SMILES string of the molecule is Cc1ccc2cc(C(=O)Cc3cccc(N)c3)ccc2n1. The van der Waals surface area contributed by atoms with Crippen LogP contribution in [-0.4, -0.2) is 10.8 Å².